The van der Waals surface area contributed by atoms with Gasteiger partial charge in [-0.1, -0.05) is 12.6 Å². The van der Waals surface area contributed by atoms with Crippen molar-refractivity contribution in [2.24, 2.45) is 7.05 Å². The lowest BCUT2D eigenvalue weighted by molar-refractivity contribution is -0.127. The molecule has 228 valence electrons. The molecule has 3 N–H and O–H groups in total. The zero-order valence-electron chi connectivity index (χ0n) is 24.0. The first kappa shape index (κ1) is 30.1. The normalized spacial score (nSPS) is 14.0. The minimum atomic E-state index is -4.58. The molecule has 11 nitrogen and oxygen atoms in total. The zero-order valence-corrected chi connectivity index (χ0v) is 24.0. The standard InChI is InChI=1S/C30H29F3N8O3/c1-4-23(42)40-9-7-20(8-10-40)41-15-19(14-38-41)27-24(25-26(39(27)2)18(12-34)13-36-28(25)35)17-5-6-21(22(11-17)44-3)29(43)37-16-30(31,32)33/h4-6,11,13-15,20H,1,7-10,16H2,2-3H3,(H2,35,36)(H,37,43). The number of benzene rings is 1. The van der Waals surface area contributed by atoms with Crippen LogP contribution in [0.15, 0.2) is 49.4 Å². The summed E-state index contributed by atoms with van der Waals surface area (Å²) >= 11 is 0. The van der Waals surface area contributed by atoms with Gasteiger partial charge >= 0.3 is 6.18 Å². The summed E-state index contributed by atoms with van der Waals surface area (Å²) in [6, 6.07) is 6.71. The molecule has 2 amide bonds. The zero-order chi connectivity index (χ0) is 31.8. The fourth-order valence-corrected chi connectivity index (χ4v) is 5.66. The van der Waals surface area contributed by atoms with E-state index in [0.717, 1.165) is 0 Å². The number of likely N-dealkylation sites (tertiary alicyclic amines) is 1. The predicted octanol–water partition coefficient (Wildman–Crippen LogP) is 4.21. The third-order valence-electron chi connectivity index (χ3n) is 7.74. The number of hydrogen-bond acceptors (Lipinski definition) is 7. The van der Waals surface area contributed by atoms with E-state index < -0.39 is 18.6 Å². The van der Waals surface area contributed by atoms with E-state index in [1.807, 2.05) is 20.8 Å². The van der Waals surface area contributed by atoms with Crippen molar-refractivity contribution < 1.29 is 27.5 Å². The van der Waals surface area contributed by atoms with Crippen LogP contribution in [-0.4, -0.2) is 69.0 Å². The fourth-order valence-electron chi connectivity index (χ4n) is 5.66. The number of pyridine rings is 1. The van der Waals surface area contributed by atoms with E-state index in [1.165, 1.54) is 31.5 Å². The minimum absolute atomic E-state index is 0.0459. The highest BCUT2D eigenvalue weighted by molar-refractivity contribution is 6.11. The van der Waals surface area contributed by atoms with Crippen molar-refractivity contribution in [1.29, 1.82) is 5.26 Å². The Labute approximate surface area is 250 Å². The number of nitrogens with zero attached hydrogens (tertiary/aromatic N) is 6. The van der Waals surface area contributed by atoms with Gasteiger partial charge in [-0.05, 0) is 36.6 Å². The molecule has 1 fully saturated rings. The Balaban J connectivity index is 1.61. The molecule has 5 rings (SSSR count). The SMILES string of the molecule is C=CC(=O)N1CCC(n2cc(-c3c(-c4ccc(C(=O)NCC(F)(F)F)c(OC)c4)c4c(N)ncc(C#N)c4n3C)cn2)CC1. The first-order valence-electron chi connectivity index (χ1n) is 13.6. The summed E-state index contributed by atoms with van der Waals surface area (Å²) in [7, 11) is 3.10. The number of amides is 2. The van der Waals surface area contributed by atoms with Crippen molar-refractivity contribution in [3.05, 3.63) is 60.6 Å². The molecule has 14 heteroatoms. The second kappa shape index (κ2) is 11.8. The van der Waals surface area contributed by atoms with Gasteiger partial charge in [-0.15, -0.1) is 0 Å². The van der Waals surface area contributed by atoms with Crippen LogP contribution in [0.1, 0.15) is 34.8 Å². The number of nitrogen functional groups attached to an aromatic ring is 1. The van der Waals surface area contributed by atoms with E-state index in [4.69, 9.17) is 10.5 Å². The number of halogens is 3. The van der Waals surface area contributed by atoms with Gasteiger partial charge in [-0.2, -0.15) is 23.5 Å². The van der Waals surface area contributed by atoms with Gasteiger partial charge in [0, 0.05) is 43.7 Å². The Bertz CT molecular complexity index is 1810. The van der Waals surface area contributed by atoms with Crippen molar-refractivity contribution in [3.63, 3.8) is 0 Å². The van der Waals surface area contributed by atoms with Crippen LogP contribution in [0.2, 0.25) is 0 Å². The molecule has 0 saturated carbocycles. The summed E-state index contributed by atoms with van der Waals surface area (Å²) in [5.74, 6) is -0.847. The second-order valence-corrected chi connectivity index (χ2v) is 10.4. The Morgan fingerprint density at radius 2 is 1.98 bits per heavy atom. The van der Waals surface area contributed by atoms with E-state index in [-0.39, 0.29) is 34.6 Å². The lowest BCUT2D eigenvalue weighted by Crippen LogP contribution is -2.38. The van der Waals surface area contributed by atoms with E-state index in [9.17, 15) is 28.0 Å². The molecule has 4 aromatic rings. The molecule has 0 radical (unpaired) electrons. The molecule has 0 aliphatic carbocycles. The summed E-state index contributed by atoms with van der Waals surface area (Å²) in [4.78, 5) is 30.6. The number of nitriles is 1. The summed E-state index contributed by atoms with van der Waals surface area (Å²) in [6.07, 6.45) is 3.11. The van der Waals surface area contributed by atoms with Gasteiger partial charge in [-0.25, -0.2) is 4.98 Å². The first-order valence-corrected chi connectivity index (χ1v) is 13.6. The van der Waals surface area contributed by atoms with Crippen LogP contribution in [0.4, 0.5) is 19.0 Å². The Kier molecular flexibility index (Phi) is 8.05. The summed E-state index contributed by atoms with van der Waals surface area (Å²) in [5, 5.41) is 16.9. The van der Waals surface area contributed by atoms with Gasteiger partial charge in [0.15, 0.2) is 0 Å². The fraction of sp³-hybridized carbons (Fsp3) is 0.300. The number of carbonyl (C=O) groups excluding carboxylic acids is 2. The molecule has 1 aromatic carbocycles. The number of methoxy groups -OCH3 is 1. The monoisotopic (exact) mass is 606 g/mol. The average molecular weight is 607 g/mol. The lowest BCUT2D eigenvalue weighted by atomic mass is 9.97. The predicted molar refractivity (Wildman–Crippen MR) is 156 cm³/mol. The van der Waals surface area contributed by atoms with E-state index in [0.29, 0.717) is 59.2 Å². The third kappa shape index (κ3) is 5.56. The molecule has 3 aromatic heterocycles. The Hall–Kier alpha value is -5.32. The summed E-state index contributed by atoms with van der Waals surface area (Å²) in [5.41, 5.74) is 9.58. The van der Waals surface area contributed by atoms with Crippen molar-refractivity contribution in [1.82, 2.24) is 29.5 Å². The number of fused-ring (bicyclic) bond motifs is 1. The average Bonchev–Trinajstić information content (AvgIpc) is 3.62. The molecule has 1 aliphatic rings. The van der Waals surface area contributed by atoms with Crippen LogP contribution in [0.25, 0.3) is 33.3 Å². The van der Waals surface area contributed by atoms with Crippen LogP contribution >= 0.6 is 0 Å². The smallest absolute Gasteiger partial charge is 0.405 e. The number of aromatic nitrogens is 4. The molecular weight excluding hydrogens is 577 g/mol. The highest BCUT2D eigenvalue weighted by atomic mass is 19.4. The number of nitrogens with two attached hydrogens (primary N) is 1. The van der Waals surface area contributed by atoms with Crippen molar-refractivity contribution in [2.75, 3.05) is 32.5 Å². The maximum atomic E-state index is 12.7. The van der Waals surface area contributed by atoms with E-state index >= 15 is 0 Å². The number of nitrogens with one attached hydrogen (secondary N) is 1. The Morgan fingerprint density at radius 3 is 2.61 bits per heavy atom. The van der Waals surface area contributed by atoms with Gasteiger partial charge < -0.3 is 25.3 Å². The number of alkyl halides is 3. The molecular formula is C30H29F3N8O3. The molecule has 1 aliphatic heterocycles. The number of ether oxygens (including phenoxy) is 1. The van der Waals surface area contributed by atoms with Crippen LogP contribution in [0.3, 0.4) is 0 Å². The summed E-state index contributed by atoms with van der Waals surface area (Å²) in [6.45, 7) is 3.21. The van der Waals surface area contributed by atoms with Crippen molar-refractivity contribution in [3.8, 4) is 34.2 Å². The number of anilines is 1. The number of piperidine rings is 1. The second-order valence-electron chi connectivity index (χ2n) is 10.4. The topological polar surface area (TPSA) is 144 Å². The Morgan fingerprint density at radius 1 is 1.25 bits per heavy atom. The van der Waals surface area contributed by atoms with Crippen LogP contribution in [0, 0.1) is 11.3 Å². The van der Waals surface area contributed by atoms with Gasteiger partial charge in [0.25, 0.3) is 5.91 Å². The van der Waals surface area contributed by atoms with Crippen LogP contribution in [-0.2, 0) is 11.8 Å². The van der Waals surface area contributed by atoms with Gasteiger partial charge in [0.1, 0.15) is 24.2 Å². The molecule has 44 heavy (non-hydrogen) atoms. The quantitative estimate of drug-likeness (QED) is 0.300. The highest BCUT2D eigenvalue weighted by Crippen LogP contribution is 2.44. The van der Waals surface area contributed by atoms with Crippen molar-refractivity contribution in [2.45, 2.75) is 25.1 Å². The summed E-state index contributed by atoms with van der Waals surface area (Å²) < 4.78 is 47.3. The molecule has 0 unspecified atom stereocenters. The molecule has 0 bridgehead atoms. The maximum absolute atomic E-state index is 12.7. The van der Waals surface area contributed by atoms with Crippen LogP contribution in [0.5, 0.6) is 5.75 Å². The van der Waals surface area contributed by atoms with Gasteiger partial charge in [0.2, 0.25) is 5.91 Å². The number of aryl methyl sites for hydroxylation is 1. The maximum Gasteiger partial charge on any atom is 0.405 e. The number of hydrogen-bond donors (Lipinski definition) is 2. The minimum Gasteiger partial charge on any atom is -0.496 e. The number of carbonyl (C=O) groups is 2. The van der Waals surface area contributed by atoms with Gasteiger partial charge in [0.05, 0.1) is 47.1 Å². The lowest BCUT2D eigenvalue weighted by Gasteiger charge is -2.31. The molecule has 0 atom stereocenters. The van der Waals surface area contributed by atoms with E-state index in [2.05, 4.69) is 22.7 Å². The van der Waals surface area contributed by atoms with Crippen molar-refractivity contribution >= 4 is 28.5 Å². The van der Waals surface area contributed by atoms with Gasteiger partial charge in [-0.3, -0.25) is 14.3 Å². The third-order valence-corrected chi connectivity index (χ3v) is 7.74. The molecule has 0 spiro atoms. The highest BCUT2D eigenvalue weighted by Gasteiger charge is 2.30. The largest absolute Gasteiger partial charge is 0.496 e. The van der Waals surface area contributed by atoms with Crippen LogP contribution < -0.4 is 15.8 Å². The number of rotatable bonds is 7. The molecule has 4 heterocycles. The van der Waals surface area contributed by atoms with E-state index in [1.54, 1.807) is 24.2 Å². The first-order chi connectivity index (χ1) is 21.0. The molecule has 1 saturated heterocycles.